The number of hydrogen-bond acceptors (Lipinski definition) is 4. The topological polar surface area (TPSA) is 53.7 Å². The zero-order chi connectivity index (χ0) is 13.0. The summed E-state index contributed by atoms with van der Waals surface area (Å²) in [6.07, 6.45) is 1.80. The summed E-state index contributed by atoms with van der Waals surface area (Å²) in [7, 11) is 1.68. The monoisotopic (exact) mass is 251 g/mol. The summed E-state index contributed by atoms with van der Waals surface area (Å²) in [4.78, 5) is 0. The standard InChI is InChI=1S/C14H21NO3/c1-10(6-7-15)13-11(16-2)4-5-12-14(13)18-9-3-8-17-12/h4-5,10H,3,6-9,15H2,1-2H3. The van der Waals surface area contributed by atoms with Crippen LogP contribution >= 0.6 is 0 Å². The molecule has 0 bridgehead atoms. The van der Waals surface area contributed by atoms with Crippen molar-refractivity contribution in [1.29, 1.82) is 0 Å². The zero-order valence-electron chi connectivity index (χ0n) is 11.1. The second-order valence-corrected chi connectivity index (χ2v) is 4.54. The number of rotatable bonds is 4. The van der Waals surface area contributed by atoms with Crippen molar-refractivity contribution in [2.75, 3.05) is 26.9 Å². The Kier molecular flexibility index (Phi) is 4.31. The Morgan fingerprint density at radius 1 is 1.33 bits per heavy atom. The third-order valence-corrected chi connectivity index (χ3v) is 3.22. The number of fused-ring (bicyclic) bond motifs is 1. The van der Waals surface area contributed by atoms with Gasteiger partial charge in [0.05, 0.1) is 20.3 Å². The summed E-state index contributed by atoms with van der Waals surface area (Å²) in [5, 5.41) is 0. The maximum Gasteiger partial charge on any atom is 0.168 e. The van der Waals surface area contributed by atoms with Crippen LogP contribution in [0.15, 0.2) is 12.1 Å². The Labute approximate surface area is 108 Å². The third kappa shape index (κ3) is 2.53. The minimum Gasteiger partial charge on any atom is -0.496 e. The fraction of sp³-hybridized carbons (Fsp3) is 0.571. The Bertz CT molecular complexity index is 406. The van der Waals surface area contributed by atoms with Gasteiger partial charge in [0.1, 0.15) is 5.75 Å². The summed E-state index contributed by atoms with van der Waals surface area (Å²) < 4.78 is 17.0. The van der Waals surface area contributed by atoms with Crippen LogP contribution in [0.5, 0.6) is 17.2 Å². The normalized spacial score (nSPS) is 15.9. The number of benzene rings is 1. The Morgan fingerprint density at radius 3 is 2.83 bits per heavy atom. The molecule has 0 saturated heterocycles. The van der Waals surface area contributed by atoms with Crippen LogP contribution in [0.3, 0.4) is 0 Å². The Balaban J connectivity index is 2.45. The molecule has 1 unspecified atom stereocenters. The highest BCUT2D eigenvalue weighted by molar-refractivity contribution is 5.55. The molecule has 1 aliphatic rings. The quantitative estimate of drug-likeness (QED) is 0.892. The molecule has 1 aliphatic heterocycles. The van der Waals surface area contributed by atoms with Crippen LogP contribution in [-0.2, 0) is 0 Å². The Morgan fingerprint density at radius 2 is 2.11 bits per heavy atom. The molecule has 0 aromatic heterocycles. The van der Waals surface area contributed by atoms with Crippen molar-refractivity contribution < 1.29 is 14.2 Å². The molecule has 18 heavy (non-hydrogen) atoms. The van der Waals surface area contributed by atoms with E-state index in [1.165, 1.54) is 0 Å². The van der Waals surface area contributed by atoms with Crippen molar-refractivity contribution in [2.24, 2.45) is 5.73 Å². The van der Waals surface area contributed by atoms with Crippen molar-refractivity contribution in [3.8, 4) is 17.2 Å². The van der Waals surface area contributed by atoms with E-state index in [1.807, 2.05) is 12.1 Å². The molecule has 4 heteroatoms. The molecular weight excluding hydrogens is 230 g/mol. The lowest BCUT2D eigenvalue weighted by atomic mass is 9.95. The molecule has 0 saturated carbocycles. The highest BCUT2D eigenvalue weighted by Crippen LogP contribution is 2.43. The molecule has 1 heterocycles. The van der Waals surface area contributed by atoms with Gasteiger partial charge in [0.2, 0.25) is 0 Å². The second-order valence-electron chi connectivity index (χ2n) is 4.54. The molecule has 1 aromatic rings. The second kappa shape index (κ2) is 5.96. The fourth-order valence-electron chi connectivity index (χ4n) is 2.28. The van der Waals surface area contributed by atoms with Crippen LogP contribution in [0.1, 0.15) is 31.2 Å². The first-order chi connectivity index (χ1) is 8.77. The van der Waals surface area contributed by atoms with Gasteiger partial charge in [-0.2, -0.15) is 0 Å². The van der Waals surface area contributed by atoms with Gasteiger partial charge in [0.15, 0.2) is 11.5 Å². The van der Waals surface area contributed by atoms with Gasteiger partial charge in [-0.25, -0.2) is 0 Å². The predicted octanol–water partition coefficient (Wildman–Crippen LogP) is 2.31. The first kappa shape index (κ1) is 13.0. The first-order valence-electron chi connectivity index (χ1n) is 6.44. The maximum absolute atomic E-state index is 5.84. The average molecular weight is 251 g/mol. The Hall–Kier alpha value is -1.42. The number of methoxy groups -OCH3 is 1. The minimum atomic E-state index is 0.293. The van der Waals surface area contributed by atoms with E-state index >= 15 is 0 Å². The van der Waals surface area contributed by atoms with Crippen LogP contribution in [-0.4, -0.2) is 26.9 Å². The molecule has 100 valence electrons. The van der Waals surface area contributed by atoms with Crippen molar-refractivity contribution >= 4 is 0 Å². The van der Waals surface area contributed by atoms with E-state index in [0.717, 1.165) is 35.7 Å². The lowest BCUT2D eigenvalue weighted by Gasteiger charge is -2.20. The number of nitrogens with two attached hydrogens (primary N) is 1. The van der Waals surface area contributed by atoms with Crippen molar-refractivity contribution in [3.05, 3.63) is 17.7 Å². The van der Waals surface area contributed by atoms with E-state index in [4.69, 9.17) is 19.9 Å². The van der Waals surface area contributed by atoms with Gasteiger partial charge in [0, 0.05) is 12.0 Å². The number of hydrogen-bond donors (Lipinski definition) is 1. The molecule has 2 rings (SSSR count). The van der Waals surface area contributed by atoms with Gasteiger partial charge in [-0.05, 0) is 31.0 Å². The molecule has 0 fully saturated rings. The molecule has 1 atom stereocenters. The smallest absolute Gasteiger partial charge is 0.168 e. The lowest BCUT2D eigenvalue weighted by molar-refractivity contribution is 0.295. The SMILES string of the molecule is COc1ccc2c(c1C(C)CCN)OCCCO2. The van der Waals surface area contributed by atoms with Gasteiger partial charge in [-0.1, -0.05) is 6.92 Å². The summed E-state index contributed by atoms with van der Waals surface area (Å²) >= 11 is 0. The maximum atomic E-state index is 5.84. The van der Waals surface area contributed by atoms with Crippen LogP contribution in [0, 0.1) is 0 Å². The van der Waals surface area contributed by atoms with Crippen molar-refractivity contribution in [2.45, 2.75) is 25.7 Å². The van der Waals surface area contributed by atoms with E-state index in [-0.39, 0.29) is 0 Å². The van der Waals surface area contributed by atoms with Crippen LogP contribution < -0.4 is 19.9 Å². The predicted molar refractivity (Wildman–Crippen MR) is 70.7 cm³/mol. The van der Waals surface area contributed by atoms with Crippen molar-refractivity contribution in [1.82, 2.24) is 0 Å². The summed E-state index contributed by atoms with van der Waals surface area (Å²) in [5.41, 5.74) is 6.72. The van der Waals surface area contributed by atoms with Gasteiger partial charge in [0.25, 0.3) is 0 Å². The van der Waals surface area contributed by atoms with E-state index in [1.54, 1.807) is 7.11 Å². The molecule has 0 aliphatic carbocycles. The summed E-state index contributed by atoms with van der Waals surface area (Å²) in [5.74, 6) is 2.78. The van der Waals surface area contributed by atoms with Gasteiger partial charge in [-0.15, -0.1) is 0 Å². The summed E-state index contributed by atoms with van der Waals surface area (Å²) in [6.45, 7) is 4.17. The van der Waals surface area contributed by atoms with Crippen molar-refractivity contribution in [3.63, 3.8) is 0 Å². The van der Waals surface area contributed by atoms with E-state index in [0.29, 0.717) is 25.7 Å². The largest absolute Gasteiger partial charge is 0.496 e. The van der Waals surface area contributed by atoms with Crippen LogP contribution in [0.4, 0.5) is 0 Å². The first-order valence-corrected chi connectivity index (χ1v) is 6.44. The van der Waals surface area contributed by atoms with Crippen LogP contribution in [0.2, 0.25) is 0 Å². The van der Waals surface area contributed by atoms with E-state index < -0.39 is 0 Å². The molecule has 0 spiro atoms. The van der Waals surface area contributed by atoms with E-state index in [2.05, 4.69) is 6.92 Å². The molecule has 2 N–H and O–H groups in total. The summed E-state index contributed by atoms with van der Waals surface area (Å²) in [6, 6.07) is 3.86. The highest BCUT2D eigenvalue weighted by Gasteiger charge is 2.22. The zero-order valence-corrected chi connectivity index (χ0v) is 11.1. The average Bonchev–Trinajstić information content (AvgIpc) is 2.62. The lowest BCUT2D eigenvalue weighted by Crippen LogP contribution is -2.08. The van der Waals surface area contributed by atoms with Gasteiger partial charge in [-0.3, -0.25) is 0 Å². The minimum absolute atomic E-state index is 0.293. The molecule has 1 aromatic carbocycles. The molecular formula is C14H21NO3. The van der Waals surface area contributed by atoms with Crippen LogP contribution in [0.25, 0.3) is 0 Å². The molecule has 0 radical (unpaired) electrons. The fourth-order valence-corrected chi connectivity index (χ4v) is 2.28. The van der Waals surface area contributed by atoms with Gasteiger partial charge >= 0.3 is 0 Å². The molecule has 4 nitrogen and oxygen atoms in total. The highest BCUT2D eigenvalue weighted by atomic mass is 16.5. The molecule has 0 amide bonds. The van der Waals surface area contributed by atoms with Gasteiger partial charge < -0.3 is 19.9 Å². The number of ether oxygens (including phenoxy) is 3. The third-order valence-electron chi connectivity index (χ3n) is 3.22. The van der Waals surface area contributed by atoms with E-state index in [9.17, 15) is 0 Å².